The standard InChI is InChI=1S/C16H22Si2/c1-17(14-10-6-5-7-11-14)15-12-8-9-13-16(15)18(2,3)4/h5-13,16H,1-4H3/b17-15+. The second-order valence-corrected chi connectivity index (χ2v) is 13.8. The number of hydrogen-bond donors (Lipinski definition) is 0. The van der Waals surface area contributed by atoms with E-state index in [9.17, 15) is 0 Å². The summed E-state index contributed by atoms with van der Waals surface area (Å²) in [5.41, 5.74) is 0.710. The van der Waals surface area contributed by atoms with Crippen LogP contribution < -0.4 is 5.19 Å². The minimum Gasteiger partial charge on any atom is -0.0801 e. The molecular weight excluding hydrogens is 248 g/mol. The summed E-state index contributed by atoms with van der Waals surface area (Å²) in [6.45, 7) is 9.86. The summed E-state index contributed by atoms with van der Waals surface area (Å²) < 4.78 is 0. The molecule has 2 rings (SSSR count). The van der Waals surface area contributed by atoms with Crippen molar-refractivity contribution in [1.82, 2.24) is 0 Å². The van der Waals surface area contributed by atoms with Crippen molar-refractivity contribution < 1.29 is 0 Å². The molecule has 0 saturated heterocycles. The molecule has 94 valence electrons. The third-order valence-corrected chi connectivity index (χ3v) is 8.80. The Hall–Kier alpha value is -0.996. The highest BCUT2D eigenvalue weighted by atomic mass is 28.3. The lowest BCUT2D eigenvalue weighted by atomic mass is 10.2. The van der Waals surface area contributed by atoms with Crippen LogP contribution in [0.3, 0.4) is 0 Å². The molecule has 0 N–H and O–H groups in total. The van der Waals surface area contributed by atoms with Crippen molar-refractivity contribution in [3.63, 3.8) is 0 Å². The summed E-state index contributed by atoms with van der Waals surface area (Å²) in [5.74, 6) is 0. The lowest BCUT2D eigenvalue weighted by Crippen LogP contribution is -2.38. The maximum Gasteiger partial charge on any atom is 0.0560 e. The van der Waals surface area contributed by atoms with E-state index in [1.807, 2.05) is 0 Å². The first kappa shape index (κ1) is 13.4. The van der Waals surface area contributed by atoms with Crippen molar-refractivity contribution in [3.8, 4) is 0 Å². The van der Waals surface area contributed by atoms with Crippen molar-refractivity contribution in [2.45, 2.75) is 31.7 Å². The van der Waals surface area contributed by atoms with Crippen LogP contribution in [0.25, 0.3) is 0 Å². The fourth-order valence-corrected chi connectivity index (χ4v) is 8.11. The molecule has 1 aliphatic carbocycles. The summed E-state index contributed by atoms with van der Waals surface area (Å²) >= 11 is 0. The number of hydrogen-bond acceptors (Lipinski definition) is 0. The summed E-state index contributed by atoms with van der Waals surface area (Å²) in [7, 11) is -1.75. The Morgan fingerprint density at radius 1 is 1.00 bits per heavy atom. The minimum atomic E-state index is -1.16. The van der Waals surface area contributed by atoms with E-state index < -0.39 is 16.5 Å². The van der Waals surface area contributed by atoms with E-state index in [1.165, 1.54) is 5.19 Å². The maximum atomic E-state index is 2.47. The lowest BCUT2D eigenvalue weighted by Gasteiger charge is -2.30. The zero-order valence-electron chi connectivity index (χ0n) is 11.8. The minimum absolute atomic E-state index is 0.585. The fourth-order valence-electron chi connectivity index (χ4n) is 2.51. The molecule has 0 heterocycles. The van der Waals surface area contributed by atoms with Crippen molar-refractivity contribution in [2.24, 2.45) is 0 Å². The number of rotatable bonds is 2. The highest BCUT2D eigenvalue weighted by Gasteiger charge is 2.28. The van der Waals surface area contributed by atoms with Gasteiger partial charge >= 0.3 is 0 Å². The molecule has 1 aliphatic rings. The van der Waals surface area contributed by atoms with Crippen molar-refractivity contribution in [2.75, 3.05) is 0 Å². The van der Waals surface area contributed by atoms with Crippen LogP contribution in [-0.4, -0.2) is 21.7 Å². The quantitative estimate of drug-likeness (QED) is 0.720. The third kappa shape index (κ3) is 2.87. The van der Waals surface area contributed by atoms with Gasteiger partial charge in [0.25, 0.3) is 0 Å². The van der Waals surface area contributed by atoms with Crippen LogP contribution in [0.15, 0.2) is 54.6 Å². The van der Waals surface area contributed by atoms with Crippen LogP contribution in [0.4, 0.5) is 0 Å². The molecule has 0 aromatic heterocycles. The second-order valence-electron chi connectivity index (χ2n) is 6.03. The van der Waals surface area contributed by atoms with Crippen LogP contribution in [0, 0.1) is 0 Å². The van der Waals surface area contributed by atoms with Crippen LogP contribution in [-0.2, 0) is 0 Å². The average Bonchev–Trinajstić information content (AvgIpc) is 2.38. The van der Waals surface area contributed by atoms with Crippen LogP contribution in [0.2, 0.25) is 31.7 Å². The Bertz CT molecular complexity index is 502. The molecular formula is C16H22Si2. The summed E-state index contributed by atoms with van der Waals surface area (Å²) in [6.07, 6.45) is 9.25. The van der Waals surface area contributed by atoms with Gasteiger partial charge in [0.2, 0.25) is 0 Å². The van der Waals surface area contributed by atoms with Crippen LogP contribution in [0.1, 0.15) is 0 Å². The first-order valence-electron chi connectivity index (χ1n) is 6.61. The molecule has 0 bridgehead atoms. The van der Waals surface area contributed by atoms with Gasteiger partial charge in [0.15, 0.2) is 0 Å². The number of allylic oxidation sites excluding steroid dienone is 4. The van der Waals surface area contributed by atoms with Crippen molar-refractivity contribution >= 4 is 26.8 Å². The monoisotopic (exact) mass is 270 g/mol. The lowest BCUT2D eigenvalue weighted by molar-refractivity contribution is 1.34. The van der Waals surface area contributed by atoms with Crippen molar-refractivity contribution in [3.05, 3.63) is 54.6 Å². The van der Waals surface area contributed by atoms with Gasteiger partial charge in [0, 0.05) is 8.41 Å². The van der Waals surface area contributed by atoms with Gasteiger partial charge in [-0.1, -0.05) is 86.0 Å². The van der Waals surface area contributed by atoms with Gasteiger partial charge in [0.05, 0.1) is 8.07 Å². The molecule has 0 radical (unpaired) electrons. The Morgan fingerprint density at radius 2 is 1.67 bits per heavy atom. The molecule has 0 amide bonds. The van der Waals surface area contributed by atoms with E-state index in [0.29, 0.717) is 5.54 Å². The Balaban J connectivity index is 2.47. The Morgan fingerprint density at radius 3 is 2.28 bits per heavy atom. The van der Waals surface area contributed by atoms with Gasteiger partial charge < -0.3 is 0 Å². The predicted octanol–water partition coefficient (Wildman–Crippen LogP) is 3.61. The van der Waals surface area contributed by atoms with Crippen LogP contribution in [0.5, 0.6) is 0 Å². The van der Waals surface area contributed by atoms with E-state index >= 15 is 0 Å². The highest BCUT2D eigenvalue weighted by molar-refractivity contribution is 6.91. The van der Waals surface area contributed by atoms with E-state index in [2.05, 4.69) is 80.8 Å². The zero-order valence-corrected chi connectivity index (χ0v) is 13.8. The summed E-state index contributed by atoms with van der Waals surface area (Å²) in [5, 5.41) is 3.22. The topological polar surface area (TPSA) is 0 Å². The molecule has 1 aromatic rings. The van der Waals surface area contributed by atoms with Gasteiger partial charge in [-0.2, -0.15) is 0 Å². The first-order chi connectivity index (χ1) is 8.50. The van der Waals surface area contributed by atoms with E-state index in [0.717, 1.165) is 0 Å². The summed E-state index contributed by atoms with van der Waals surface area (Å²) in [4.78, 5) is 0. The Kier molecular flexibility index (Phi) is 3.98. The molecule has 1 aromatic carbocycles. The summed E-state index contributed by atoms with van der Waals surface area (Å²) in [6, 6.07) is 11.0. The molecule has 0 fully saturated rings. The third-order valence-electron chi connectivity index (χ3n) is 3.60. The Labute approximate surface area is 113 Å². The van der Waals surface area contributed by atoms with Crippen LogP contribution >= 0.6 is 0 Å². The molecule has 2 heteroatoms. The van der Waals surface area contributed by atoms with E-state index in [1.54, 1.807) is 5.17 Å². The molecule has 0 spiro atoms. The molecule has 18 heavy (non-hydrogen) atoms. The molecule has 0 nitrogen and oxygen atoms in total. The first-order valence-corrected chi connectivity index (χ1v) is 12.2. The van der Waals surface area contributed by atoms with Gasteiger partial charge in [0.1, 0.15) is 0 Å². The van der Waals surface area contributed by atoms with Gasteiger partial charge in [-0.15, -0.1) is 0 Å². The van der Waals surface area contributed by atoms with Gasteiger partial charge in [-0.3, -0.25) is 0 Å². The molecule has 0 aliphatic heterocycles. The maximum absolute atomic E-state index is 2.47. The largest absolute Gasteiger partial charge is 0.0801 e. The molecule has 0 saturated carbocycles. The fraction of sp³-hybridized carbons (Fsp3) is 0.312. The SMILES string of the molecule is C/[Si](=C1/C=CC=CC1[Si](C)(C)C)c1ccccc1. The van der Waals surface area contributed by atoms with Gasteiger partial charge in [-0.25, -0.2) is 0 Å². The average molecular weight is 271 g/mol. The number of benzene rings is 1. The van der Waals surface area contributed by atoms with E-state index in [-0.39, 0.29) is 0 Å². The molecule has 1 unspecified atom stereocenters. The van der Waals surface area contributed by atoms with Gasteiger partial charge in [-0.05, 0) is 10.7 Å². The second kappa shape index (κ2) is 5.33. The van der Waals surface area contributed by atoms with E-state index in [4.69, 9.17) is 0 Å². The predicted molar refractivity (Wildman–Crippen MR) is 88.1 cm³/mol. The van der Waals surface area contributed by atoms with Crippen molar-refractivity contribution in [1.29, 1.82) is 0 Å². The zero-order chi connectivity index (χ0) is 13.2. The molecule has 1 atom stereocenters. The smallest absolute Gasteiger partial charge is 0.0560 e. The highest BCUT2D eigenvalue weighted by Crippen LogP contribution is 2.27. The normalized spacial score (nSPS) is 22.1.